The third-order valence-corrected chi connectivity index (χ3v) is 4.30. The fourth-order valence-electron chi connectivity index (χ4n) is 3.32. The van der Waals surface area contributed by atoms with Crippen LogP contribution in [0.4, 0.5) is 5.95 Å². The molecule has 2 atom stereocenters. The topological polar surface area (TPSA) is 58.3 Å². The van der Waals surface area contributed by atoms with Gasteiger partial charge in [-0.25, -0.2) is 9.97 Å². The Balaban J connectivity index is 1.86. The van der Waals surface area contributed by atoms with Crippen LogP contribution in [0, 0.1) is 6.92 Å². The summed E-state index contributed by atoms with van der Waals surface area (Å²) in [6.45, 7) is 8.19. The highest BCUT2D eigenvalue weighted by atomic mass is 15.4. The molecule has 2 N–H and O–H groups in total. The van der Waals surface area contributed by atoms with E-state index >= 15 is 0 Å². The second kappa shape index (κ2) is 5.06. The van der Waals surface area contributed by atoms with Gasteiger partial charge in [0.15, 0.2) is 0 Å². The summed E-state index contributed by atoms with van der Waals surface area (Å²) >= 11 is 0. The quantitative estimate of drug-likeness (QED) is 0.858. The van der Waals surface area contributed by atoms with Crippen molar-refractivity contribution in [2.45, 2.75) is 45.3 Å². The molecule has 2 saturated heterocycles. The summed E-state index contributed by atoms with van der Waals surface area (Å²) in [6.07, 6.45) is 2.63. The van der Waals surface area contributed by atoms with Crippen molar-refractivity contribution in [1.29, 1.82) is 0 Å². The fourth-order valence-corrected chi connectivity index (χ4v) is 3.32. The lowest BCUT2D eigenvalue weighted by Crippen LogP contribution is -2.55. The zero-order valence-corrected chi connectivity index (χ0v) is 11.8. The van der Waals surface area contributed by atoms with E-state index in [4.69, 9.17) is 5.73 Å². The number of hydrogen-bond acceptors (Lipinski definition) is 5. The van der Waals surface area contributed by atoms with Gasteiger partial charge in [-0.3, -0.25) is 4.90 Å². The van der Waals surface area contributed by atoms with E-state index in [1.165, 1.54) is 19.4 Å². The summed E-state index contributed by atoms with van der Waals surface area (Å²) in [7, 11) is 0. The van der Waals surface area contributed by atoms with E-state index in [2.05, 4.69) is 26.7 Å². The van der Waals surface area contributed by atoms with E-state index in [1.807, 2.05) is 13.0 Å². The van der Waals surface area contributed by atoms with Crippen molar-refractivity contribution in [2.24, 2.45) is 5.73 Å². The molecule has 2 aliphatic rings. The molecule has 0 spiro atoms. The molecule has 0 bridgehead atoms. The largest absolute Gasteiger partial charge is 0.335 e. The zero-order valence-electron chi connectivity index (χ0n) is 11.8. The van der Waals surface area contributed by atoms with Crippen molar-refractivity contribution in [3.05, 3.63) is 17.5 Å². The Labute approximate surface area is 114 Å². The lowest BCUT2D eigenvalue weighted by Gasteiger charge is -2.42. The van der Waals surface area contributed by atoms with Gasteiger partial charge in [0.05, 0.1) is 5.69 Å². The molecule has 5 nitrogen and oxygen atoms in total. The van der Waals surface area contributed by atoms with Gasteiger partial charge in [-0.15, -0.1) is 0 Å². The van der Waals surface area contributed by atoms with Crippen LogP contribution in [0.3, 0.4) is 0 Å². The zero-order chi connectivity index (χ0) is 13.4. The average Bonchev–Trinajstić information content (AvgIpc) is 2.84. The van der Waals surface area contributed by atoms with Crippen molar-refractivity contribution in [3.63, 3.8) is 0 Å². The summed E-state index contributed by atoms with van der Waals surface area (Å²) in [5.74, 6) is 0.861. The molecule has 0 amide bonds. The van der Waals surface area contributed by atoms with Crippen LogP contribution in [0.25, 0.3) is 0 Å². The summed E-state index contributed by atoms with van der Waals surface area (Å²) < 4.78 is 0. The van der Waals surface area contributed by atoms with Crippen LogP contribution in [-0.4, -0.2) is 46.6 Å². The molecule has 19 heavy (non-hydrogen) atoms. The smallest absolute Gasteiger partial charge is 0.226 e. The Morgan fingerprint density at radius 2 is 2.21 bits per heavy atom. The molecule has 0 saturated carbocycles. The SMILES string of the molecule is Cc1cc(CN)nc(N2CC3CCCN3CC2C)n1. The molecular formula is C14H23N5. The Morgan fingerprint density at radius 1 is 1.37 bits per heavy atom. The van der Waals surface area contributed by atoms with E-state index < -0.39 is 0 Å². The third kappa shape index (κ3) is 2.44. The molecule has 2 fully saturated rings. The minimum atomic E-state index is 0.474. The van der Waals surface area contributed by atoms with Crippen LogP contribution in [0.2, 0.25) is 0 Å². The summed E-state index contributed by atoms with van der Waals surface area (Å²) in [5, 5.41) is 0. The standard InChI is InChI=1S/C14H23N5/c1-10-6-12(7-15)17-14(16-10)19-9-13-4-3-5-18(13)8-11(19)2/h6,11,13H,3-5,7-9,15H2,1-2H3. The van der Waals surface area contributed by atoms with Crippen LogP contribution >= 0.6 is 0 Å². The molecule has 5 heteroatoms. The molecule has 3 heterocycles. The van der Waals surface area contributed by atoms with Crippen molar-refractivity contribution in [3.8, 4) is 0 Å². The average molecular weight is 261 g/mol. The summed E-state index contributed by atoms with van der Waals surface area (Å²) in [6, 6.07) is 3.13. The van der Waals surface area contributed by atoms with Crippen LogP contribution in [0.1, 0.15) is 31.2 Å². The maximum absolute atomic E-state index is 5.72. The maximum atomic E-state index is 5.72. The molecule has 0 aromatic carbocycles. The summed E-state index contributed by atoms with van der Waals surface area (Å²) in [4.78, 5) is 14.2. The number of rotatable bonds is 2. The number of hydrogen-bond donors (Lipinski definition) is 1. The van der Waals surface area contributed by atoms with Gasteiger partial charge in [0.1, 0.15) is 0 Å². The number of anilines is 1. The van der Waals surface area contributed by atoms with E-state index in [0.29, 0.717) is 18.6 Å². The minimum Gasteiger partial charge on any atom is -0.335 e. The first-order valence-electron chi connectivity index (χ1n) is 7.22. The molecule has 0 aliphatic carbocycles. The Kier molecular flexibility index (Phi) is 3.41. The highest BCUT2D eigenvalue weighted by Gasteiger charge is 2.35. The number of piperazine rings is 1. The number of fused-ring (bicyclic) bond motifs is 1. The van der Waals surface area contributed by atoms with Gasteiger partial charge in [-0.2, -0.15) is 0 Å². The number of nitrogens with zero attached hydrogens (tertiary/aromatic N) is 4. The van der Waals surface area contributed by atoms with Gasteiger partial charge in [0.2, 0.25) is 5.95 Å². The number of aryl methyl sites for hydroxylation is 1. The second-order valence-electron chi connectivity index (χ2n) is 5.80. The Hall–Kier alpha value is -1.20. The first kappa shape index (κ1) is 12.8. The van der Waals surface area contributed by atoms with E-state index in [9.17, 15) is 0 Å². The third-order valence-electron chi connectivity index (χ3n) is 4.30. The molecule has 0 radical (unpaired) electrons. The first-order valence-corrected chi connectivity index (χ1v) is 7.22. The normalized spacial score (nSPS) is 27.6. The minimum absolute atomic E-state index is 0.474. The van der Waals surface area contributed by atoms with Crippen LogP contribution in [0.15, 0.2) is 6.07 Å². The summed E-state index contributed by atoms with van der Waals surface area (Å²) in [5.41, 5.74) is 7.66. The van der Waals surface area contributed by atoms with Gasteiger partial charge in [-0.05, 0) is 39.3 Å². The van der Waals surface area contributed by atoms with Crippen molar-refractivity contribution in [1.82, 2.24) is 14.9 Å². The van der Waals surface area contributed by atoms with Gasteiger partial charge >= 0.3 is 0 Å². The van der Waals surface area contributed by atoms with Crippen molar-refractivity contribution in [2.75, 3.05) is 24.5 Å². The van der Waals surface area contributed by atoms with Crippen LogP contribution < -0.4 is 10.6 Å². The Bertz CT molecular complexity index is 461. The first-order chi connectivity index (χ1) is 9.17. The van der Waals surface area contributed by atoms with Gasteiger partial charge in [-0.1, -0.05) is 0 Å². The highest BCUT2D eigenvalue weighted by Crippen LogP contribution is 2.27. The fraction of sp³-hybridized carbons (Fsp3) is 0.714. The monoisotopic (exact) mass is 261 g/mol. The maximum Gasteiger partial charge on any atom is 0.226 e. The Morgan fingerprint density at radius 3 is 3.00 bits per heavy atom. The molecule has 1 aromatic rings. The van der Waals surface area contributed by atoms with Gasteiger partial charge in [0, 0.05) is 37.4 Å². The highest BCUT2D eigenvalue weighted by molar-refractivity contribution is 5.35. The van der Waals surface area contributed by atoms with Crippen LogP contribution in [0.5, 0.6) is 0 Å². The predicted molar refractivity (Wildman–Crippen MR) is 76.1 cm³/mol. The lowest BCUT2D eigenvalue weighted by molar-refractivity contribution is 0.201. The van der Waals surface area contributed by atoms with Gasteiger partial charge in [0.25, 0.3) is 0 Å². The number of nitrogens with two attached hydrogens (primary N) is 1. The van der Waals surface area contributed by atoms with Crippen LogP contribution in [-0.2, 0) is 6.54 Å². The number of aromatic nitrogens is 2. The lowest BCUT2D eigenvalue weighted by atomic mass is 10.1. The molecule has 104 valence electrons. The van der Waals surface area contributed by atoms with Crippen molar-refractivity contribution >= 4 is 5.95 Å². The van der Waals surface area contributed by atoms with E-state index in [0.717, 1.165) is 30.4 Å². The van der Waals surface area contributed by atoms with Gasteiger partial charge < -0.3 is 10.6 Å². The van der Waals surface area contributed by atoms with Crippen molar-refractivity contribution < 1.29 is 0 Å². The molecule has 2 aliphatic heterocycles. The predicted octanol–water partition coefficient (Wildman–Crippen LogP) is 0.917. The molecule has 2 unspecified atom stereocenters. The molecular weight excluding hydrogens is 238 g/mol. The van der Waals surface area contributed by atoms with E-state index in [-0.39, 0.29) is 0 Å². The molecule has 1 aromatic heterocycles. The second-order valence-corrected chi connectivity index (χ2v) is 5.80. The van der Waals surface area contributed by atoms with E-state index in [1.54, 1.807) is 0 Å². The molecule has 3 rings (SSSR count).